The lowest BCUT2D eigenvalue weighted by molar-refractivity contribution is -0.137. The minimum absolute atomic E-state index is 0.154. The molecule has 0 bridgehead atoms. The molecule has 0 aliphatic carbocycles. The highest BCUT2D eigenvalue weighted by molar-refractivity contribution is 5.82. The lowest BCUT2D eigenvalue weighted by Gasteiger charge is -2.38. The summed E-state index contributed by atoms with van der Waals surface area (Å²) in [6.45, 7) is 6.82. The maximum atomic E-state index is 13.0. The fourth-order valence-electron chi connectivity index (χ4n) is 4.82. The Balaban J connectivity index is 1.30. The number of hydrogen-bond acceptors (Lipinski definition) is 5. The number of carbonyl (C=O) groups excluding carboxylic acids is 2. The number of hydrogen-bond donors (Lipinski definition) is 2. The zero-order valence-corrected chi connectivity index (χ0v) is 17.4. The molecular weight excluding hydrogens is 368 g/mol. The quantitative estimate of drug-likeness (QED) is 0.790. The van der Waals surface area contributed by atoms with E-state index < -0.39 is 5.60 Å². The number of nitrogens with zero attached hydrogens (tertiary/aromatic N) is 2. The first-order chi connectivity index (χ1) is 14.0. The Kier molecular flexibility index (Phi) is 5.79. The van der Waals surface area contributed by atoms with E-state index >= 15 is 0 Å². The third-order valence-electron chi connectivity index (χ3n) is 6.83. The van der Waals surface area contributed by atoms with Crippen LogP contribution in [0.3, 0.4) is 0 Å². The van der Waals surface area contributed by atoms with E-state index in [9.17, 15) is 9.59 Å². The van der Waals surface area contributed by atoms with Crippen LogP contribution in [0.1, 0.15) is 38.7 Å². The number of hydrazine groups is 1. The van der Waals surface area contributed by atoms with Crippen LogP contribution in [0, 0.1) is 5.92 Å². The summed E-state index contributed by atoms with van der Waals surface area (Å²) in [6.07, 6.45) is 3.01. The highest BCUT2D eigenvalue weighted by atomic mass is 16.6. The molecule has 3 unspecified atom stereocenters. The van der Waals surface area contributed by atoms with Crippen molar-refractivity contribution in [1.29, 1.82) is 0 Å². The highest BCUT2D eigenvalue weighted by Crippen LogP contribution is 2.34. The van der Waals surface area contributed by atoms with Gasteiger partial charge in [-0.15, -0.1) is 0 Å². The number of benzene rings is 1. The molecule has 7 nitrogen and oxygen atoms in total. The van der Waals surface area contributed by atoms with Gasteiger partial charge in [0.1, 0.15) is 11.6 Å². The van der Waals surface area contributed by atoms with Crippen LogP contribution < -0.4 is 10.9 Å². The third kappa shape index (κ3) is 4.12. The van der Waals surface area contributed by atoms with E-state index in [4.69, 9.17) is 4.74 Å². The number of nitrogens with one attached hydrogen (secondary N) is 2. The Labute approximate surface area is 172 Å². The first kappa shape index (κ1) is 20.2. The second-order valence-corrected chi connectivity index (χ2v) is 8.67. The molecule has 29 heavy (non-hydrogen) atoms. The molecule has 2 N–H and O–H groups in total. The Hall–Kier alpha value is -2.12. The van der Waals surface area contributed by atoms with Crippen molar-refractivity contribution >= 4 is 12.0 Å². The smallest absolute Gasteiger partial charge is 0.410 e. The molecule has 3 atom stereocenters. The van der Waals surface area contributed by atoms with Gasteiger partial charge in [-0.2, -0.15) is 0 Å². The zero-order valence-electron chi connectivity index (χ0n) is 17.4. The topological polar surface area (TPSA) is 73.9 Å². The van der Waals surface area contributed by atoms with Crippen LogP contribution in [0.5, 0.6) is 0 Å². The molecule has 4 rings (SSSR count). The minimum atomic E-state index is -0.441. The van der Waals surface area contributed by atoms with Crippen LogP contribution in [0.25, 0.3) is 0 Å². The number of likely N-dealkylation sites (tertiary alicyclic amines) is 1. The molecule has 7 heteroatoms. The molecule has 1 aromatic rings. The van der Waals surface area contributed by atoms with Crippen LogP contribution in [-0.2, 0) is 16.0 Å². The fourth-order valence-corrected chi connectivity index (χ4v) is 4.82. The van der Waals surface area contributed by atoms with Gasteiger partial charge in [-0.1, -0.05) is 44.2 Å². The summed E-state index contributed by atoms with van der Waals surface area (Å²) in [7, 11) is 0. The van der Waals surface area contributed by atoms with E-state index in [2.05, 4.69) is 36.8 Å². The molecule has 0 radical (unpaired) electrons. The van der Waals surface area contributed by atoms with Crippen molar-refractivity contribution in [3.8, 4) is 0 Å². The summed E-state index contributed by atoms with van der Waals surface area (Å²) in [5.41, 5.74) is 7.20. The van der Waals surface area contributed by atoms with Gasteiger partial charge in [0.25, 0.3) is 0 Å². The SMILES string of the molecule is CCC1NNC(C(=O)N2CCC3(CC2)CN(CCc2ccccc2)C(=O)O3)C1C. The first-order valence-electron chi connectivity index (χ1n) is 10.8. The summed E-state index contributed by atoms with van der Waals surface area (Å²) in [5, 5.41) is 0. The minimum Gasteiger partial charge on any atom is -0.441 e. The van der Waals surface area contributed by atoms with Gasteiger partial charge in [0.2, 0.25) is 5.91 Å². The summed E-state index contributed by atoms with van der Waals surface area (Å²) in [5.74, 6) is 0.419. The fraction of sp³-hybridized carbons (Fsp3) is 0.636. The van der Waals surface area contributed by atoms with Crippen LogP contribution in [-0.4, -0.2) is 65.7 Å². The normalized spacial score (nSPS) is 28.8. The Morgan fingerprint density at radius 3 is 2.59 bits per heavy atom. The first-order valence-corrected chi connectivity index (χ1v) is 10.8. The summed E-state index contributed by atoms with van der Waals surface area (Å²) < 4.78 is 5.82. The molecule has 0 aromatic heterocycles. The second kappa shape index (κ2) is 8.32. The molecule has 3 fully saturated rings. The van der Waals surface area contributed by atoms with Gasteiger partial charge in [0.05, 0.1) is 6.54 Å². The summed E-state index contributed by atoms with van der Waals surface area (Å²) in [4.78, 5) is 29.1. The zero-order chi connectivity index (χ0) is 20.4. The molecule has 3 heterocycles. The largest absolute Gasteiger partial charge is 0.441 e. The van der Waals surface area contributed by atoms with Crippen LogP contribution in [0.2, 0.25) is 0 Å². The Bertz CT molecular complexity index is 733. The molecule has 3 aliphatic heterocycles. The predicted octanol–water partition coefficient (Wildman–Crippen LogP) is 1.93. The number of amides is 2. The van der Waals surface area contributed by atoms with Crippen molar-refractivity contribution in [3.05, 3.63) is 35.9 Å². The summed E-state index contributed by atoms with van der Waals surface area (Å²) >= 11 is 0. The second-order valence-electron chi connectivity index (χ2n) is 8.67. The third-order valence-corrected chi connectivity index (χ3v) is 6.83. The van der Waals surface area contributed by atoms with Crippen molar-refractivity contribution in [1.82, 2.24) is 20.7 Å². The average molecular weight is 401 g/mol. The van der Waals surface area contributed by atoms with Gasteiger partial charge in [0, 0.05) is 38.5 Å². The number of piperidine rings is 1. The van der Waals surface area contributed by atoms with Crippen LogP contribution in [0.4, 0.5) is 4.79 Å². The van der Waals surface area contributed by atoms with Crippen molar-refractivity contribution in [2.75, 3.05) is 26.2 Å². The van der Waals surface area contributed by atoms with Crippen LogP contribution >= 0.6 is 0 Å². The van der Waals surface area contributed by atoms with Crippen molar-refractivity contribution in [2.45, 2.75) is 57.2 Å². The Morgan fingerprint density at radius 1 is 1.21 bits per heavy atom. The van der Waals surface area contributed by atoms with Crippen molar-refractivity contribution in [3.63, 3.8) is 0 Å². The number of rotatable bonds is 5. The highest BCUT2D eigenvalue weighted by Gasteiger charge is 2.48. The molecular formula is C22H32N4O3. The van der Waals surface area contributed by atoms with Gasteiger partial charge in [-0.3, -0.25) is 10.2 Å². The van der Waals surface area contributed by atoms with Crippen molar-refractivity contribution < 1.29 is 14.3 Å². The van der Waals surface area contributed by atoms with E-state index in [0.29, 0.717) is 45.1 Å². The summed E-state index contributed by atoms with van der Waals surface area (Å²) in [6, 6.07) is 10.3. The lowest BCUT2D eigenvalue weighted by Crippen LogP contribution is -2.54. The van der Waals surface area contributed by atoms with Gasteiger partial charge >= 0.3 is 6.09 Å². The average Bonchev–Trinajstić information content (AvgIpc) is 3.26. The van der Waals surface area contributed by atoms with E-state index in [1.807, 2.05) is 28.0 Å². The molecule has 0 saturated carbocycles. The monoisotopic (exact) mass is 400 g/mol. The van der Waals surface area contributed by atoms with Gasteiger partial charge in [-0.25, -0.2) is 10.2 Å². The van der Waals surface area contributed by atoms with Gasteiger partial charge in [-0.05, 0) is 24.3 Å². The van der Waals surface area contributed by atoms with Crippen molar-refractivity contribution in [2.24, 2.45) is 5.92 Å². The predicted molar refractivity (Wildman–Crippen MR) is 110 cm³/mol. The lowest BCUT2D eigenvalue weighted by atomic mass is 9.89. The standard InChI is InChI=1S/C22H32N4O3/c1-3-18-16(2)19(24-23-18)20(27)25-13-10-22(11-14-25)15-26(21(28)29-22)12-9-17-7-5-4-6-8-17/h4-8,16,18-19,23-24H,3,9-15H2,1-2H3. The molecule has 2 amide bonds. The molecule has 3 aliphatic rings. The molecule has 158 valence electrons. The van der Waals surface area contributed by atoms with Gasteiger partial charge < -0.3 is 14.5 Å². The maximum Gasteiger partial charge on any atom is 0.410 e. The Morgan fingerprint density at radius 2 is 1.93 bits per heavy atom. The maximum absolute atomic E-state index is 13.0. The number of ether oxygens (including phenoxy) is 1. The number of carbonyl (C=O) groups is 2. The molecule has 3 saturated heterocycles. The van der Waals surface area contributed by atoms with E-state index in [1.165, 1.54) is 5.56 Å². The van der Waals surface area contributed by atoms with Crippen LogP contribution in [0.15, 0.2) is 30.3 Å². The molecule has 1 spiro atoms. The van der Waals surface area contributed by atoms with E-state index in [-0.39, 0.29) is 24.0 Å². The molecule has 1 aromatic carbocycles. The van der Waals surface area contributed by atoms with E-state index in [0.717, 1.165) is 12.8 Å². The van der Waals surface area contributed by atoms with E-state index in [1.54, 1.807) is 0 Å². The van der Waals surface area contributed by atoms with Gasteiger partial charge in [0.15, 0.2) is 0 Å².